The van der Waals surface area contributed by atoms with Gasteiger partial charge in [-0.15, -0.1) is 0 Å². The Morgan fingerprint density at radius 1 is 1.02 bits per heavy atom. The van der Waals surface area contributed by atoms with Gasteiger partial charge in [-0.25, -0.2) is 5.84 Å². The molecule has 8 N–H and O–H groups in total. The smallest absolute Gasteiger partial charge is 0.157 e. The summed E-state index contributed by atoms with van der Waals surface area (Å²) in [6.45, 7) is 4.44. The Balaban J connectivity index is 0.000000876. The second-order valence-electron chi connectivity index (χ2n) is 12.0. The van der Waals surface area contributed by atoms with E-state index in [1.54, 1.807) is 13.2 Å². The van der Waals surface area contributed by atoms with E-state index < -0.39 is 0 Å². The summed E-state index contributed by atoms with van der Waals surface area (Å²) in [7, 11) is 4.60. The highest BCUT2D eigenvalue weighted by Gasteiger charge is 2.58. The number of hydrogen-bond acceptors (Lipinski definition) is 8. The van der Waals surface area contributed by atoms with Crippen molar-refractivity contribution in [1.29, 1.82) is 0 Å². The van der Waals surface area contributed by atoms with Gasteiger partial charge in [-0.3, -0.25) is 9.18 Å². The summed E-state index contributed by atoms with van der Waals surface area (Å²) in [6, 6.07) is 5.38. The number of nitrogens with two attached hydrogens (primary N) is 4. The molecule has 9 heteroatoms. The van der Waals surface area contributed by atoms with Crippen LogP contribution in [0.25, 0.3) is 0 Å². The number of Topliss-reactive ketones (excluding diaryl/α,β-unsaturated/α-hetero) is 1. The van der Waals surface area contributed by atoms with Crippen LogP contribution in [0, 0.1) is 46.8 Å². The molecule has 4 aliphatic rings. The standard InChI is InChI=1S/C28H42FN3O2.2CH5N.CH2O/c1-28-12-11-21-20-6-3-17(15-29)13-18(20)4-7-22(21)23(28)8-9-24(28)27(33)16-32(31)26-10-5-19(34-2)14-25(26)30;3*1-2/h5,10,14,17-18,20-24H,3-4,6-9,11-13,15-16,30-31H2,1-2H3;2*2H2,1H3;1H2. The van der Waals surface area contributed by atoms with Crippen molar-refractivity contribution in [3.05, 3.63) is 18.2 Å². The van der Waals surface area contributed by atoms with Gasteiger partial charge in [0.05, 0.1) is 31.7 Å². The molecular formula is C31H54FN5O3. The van der Waals surface area contributed by atoms with E-state index in [-0.39, 0.29) is 30.3 Å². The van der Waals surface area contributed by atoms with Crippen LogP contribution < -0.4 is 32.8 Å². The Morgan fingerprint density at radius 3 is 2.33 bits per heavy atom. The maximum absolute atomic E-state index is 13.6. The molecule has 0 heterocycles. The topological polar surface area (TPSA) is 151 Å². The van der Waals surface area contributed by atoms with Gasteiger partial charge in [0, 0.05) is 12.0 Å². The first kappa shape index (κ1) is 34.0. The molecule has 0 amide bonds. The van der Waals surface area contributed by atoms with Crippen LogP contribution in [0.4, 0.5) is 15.8 Å². The highest BCUT2D eigenvalue weighted by atomic mass is 19.1. The third-order valence-corrected chi connectivity index (χ3v) is 10.5. The van der Waals surface area contributed by atoms with Gasteiger partial charge in [0.15, 0.2) is 5.78 Å². The molecule has 0 bridgehead atoms. The summed E-state index contributed by atoms with van der Waals surface area (Å²) in [4.78, 5) is 21.6. The van der Waals surface area contributed by atoms with Gasteiger partial charge in [-0.1, -0.05) is 6.92 Å². The molecule has 1 aromatic rings. The minimum Gasteiger partial charge on any atom is -0.497 e. The Morgan fingerprint density at radius 2 is 1.70 bits per heavy atom. The number of carbonyl (C=O) groups is 2. The highest BCUT2D eigenvalue weighted by Crippen LogP contribution is 2.64. The van der Waals surface area contributed by atoms with Gasteiger partial charge in [-0.05, 0) is 125 Å². The number of nitrogens with zero attached hydrogens (tertiary/aromatic N) is 1. The van der Waals surface area contributed by atoms with Gasteiger partial charge in [0.25, 0.3) is 0 Å². The number of alkyl halides is 1. The van der Waals surface area contributed by atoms with E-state index in [0.717, 1.165) is 55.8 Å². The average molecular weight is 564 g/mol. The van der Waals surface area contributed by atoms with Crippen molar-refractivity contribution < 1.29 is 18.7 Å². The van der Waals surface area contributed by atoms with Crippen molar-refractivity contribution in [3.63, 3.8) is 0 Å². The predicted octanol–water partition coefficient (Wildman–Crippen LogP) is 4.35. The summed E-state index contributed by atoms with van der Waals surface area (Å²) < 4.78 is 18.5. The lowest BCUT2D eigenvalue weighted by Crippen LogP contribution is -2.50. The molecule has 8 unspecified atom stereocenters. The minimum absolute atomic E-state index is 0.0731. The maximum Gasteiger partial charge on any atom is 0.157 e. The number of methoxy groups -OCH3 is 1. The quantitative estimate of drug-likeness (QED) is 0.227. The first-order valence-corrected chi connectivity index (χ1v) is 14.8. The second-order valence-corrected chi connectivity index (χ2v) is 12.0. The van der Waals surface area contributed by atoms with Gasteiger partial charge >= 0.3 is 0 Å². The number of hydrogen-bond donors (Lipinski definition) is 4. The molecule has 0 aliphatic heterocycles. The maximum atomic E-state index is 13.6. The number of ether oxygens (including phenoxy) is 1. The molecule has 0 aromatic heterocycles. The molecule has 4 aliphatic carbocycles. The zero-order valence-corrected chi connectivity index (χ0v) is 25.1. The normalized spacial score (nSPS) is 33.5. The SMILES string of the molecule is C=O.CN.CN.COc1ccc(N(N)CC(=O)C2CCC3C4CCC5CC(CF)CCC5C4CCC23C)c(N)c1. The van der Waals surface area contributed by atoms with Gasteiger partial charge in [-0.2, -0.15) is 0 Å². The number of hydrazine groups is 1. The lowest BCUT2D eigenvalue weighted by molar-refractivity contribution is -0.129. The van der Waals surface area contributed by atoms with Crippen LogP contribution in [0.1, 0.15) is 64.7 Å². The van der Waals surface area contributed by atoms with Crippen molar-refractivity contribution in [3.8, 4) is 5.75 Å². The van der Waals surface area contributed by atoms with E-state index in [4.69, 9.17) is 21.1 Å². The molecule has 228 valence electrons. The van der Waals surface area contributed by atoms with Crippen molar-refractivity contribution in [2.45, 2.75) is 64.7 Å². The molecule has 4 saturated carbocycles. The number of ketones is 1. The molecule has 4 fully saturated rings. The third kappa shape index (κ3) is 6.80. The molecule has 0 saturated heterocycles. The van der Waals surface area contributed by atoms with Gasteiger partial charge in [0.1, 0.15) is 12.5 Å². The van der Waals surface area contributed by atoms with E-state index in [1.165, 1.54) is 44.8 Å². The fourth-order valence-corrected chi connectivity index (χ4v) is 8.90. The Hall–Kier alpha value is -2.23. The van der Waals surface area contributed by atoms with E-state index in [9.17, 15) is 9.18 Å². The molecular weight excluding hydrogens is 509 g/mol. The van der Waals surface area contributed by atoms with Gasteiger partial charge in [0.2, 0.25) is 0 Å². The first-order chi connectivity index (χ1) is 19.4. The monoisotopic (exact) mass is 563 g/mol. The fourth-order valence-electron chi connectivity index (χ4n) is 8.90. The Labute approximate surface area is 240 Å². The zero-order chi connectivity index (χ0) is 30.0. The van der Waals surface area contributed by atoms with Gasteiger partial charge < -0.3 is 31.7 Å². The molecule has 8 nitrogen and oxygen atoms in total. The van der Waals surface area contributed by atoms with Crippen molar-refractivity contribution in [1.82, 2.24) is 0 Å². The average Bonchev–Trinajstić information content (AvgIpc) is 3.37. The van der Waals surface area contributed by atoms with E-state index in [0.29, 0.717) is 29.0 Å². The van der Waals surface area contributed by atoms with Crippen LogP contribution in [0.2, 0.25) is 0 Å². The van der Waals surface area contributed by atoms with Crippen LogP contribution in [0.5, 0.6) is 5.75 Å². The first-order valence-electron chi connectivity index (χ1n) is 14.8. The van der Waals surface area contributed by atoms with Crippen molar-refractivity contribution in [2.24, 2.45) is 64.2 Å². The van der Waals surface area contributed by atoms with Crippen molar-refractivity contribution >= 4 is 23.9 Å². The summed E-state index contributed by atoms with van der Waals surface area (Å²) >= 11 is 0. The Bertz CT molecular complexity index is 936. The van der Waals surface area contributed by atoms with Crippen LogP contribution >= 0.6 is 0 Å². The highest BCUT2D eigenvalue weighted by molar-refractivity contribution is 5.87. The molecule has 8 atom stereocenters. The molecule has 5 rings (SSSR count). The lowest BCUT2D eigenvalue weighted by Gasteiger charge is -2.56. The summed E-state index contributed by atoms with van der Waals surface area (Å²) in [6.07, 6.45) is 10.5. The van der Waals surface area contributed by atoms with E-state index >= 15 is 0 Å². The molecule has 40 heavy (non-hydrogen) atoms. The summed E-state index contributed by atoms with van der Waals surface area (Å²) in [5, 5.41) is 1.51. The van der Waals surface area contributed by atoms with E-state index in [2.05, 4.69) is 18.4 Å². The number of halogens is 1. The van der Waals surface area contributed by atoms with Crippen LogP contribution in [-0.4, -0.2) is 47.0 Å². The minimum atomic E-state index is -0.137. The molecule has 0 radical (unpaired) electrons. The number of rotatable bonds is 6. The predicted molar refractivity (Wildman–Crippen MR) is 161 cm³/mol. The van der Waals surface area contributed by atoms with Crippen LogP contribution in [-0.2, 0) is 9.59 Å². The number of carbonyl (C=O) groups excluding carboxylic acids is 2. The summed E-state index contributed by atoms with van der Waals surface area (Å²) in [5.74, 6) is 11.3. The third-order valence-electron chi connectivity index (χ3n) is 10.5. The molecule has 0 spiro atoms. The largest absolute Gasteiger partial charge is 0.497 e. The lowest BCUT2D eigenvalue weighted by atomic mass is 9.49. The summed E-state index contributed by atoms with van der Waals surface area (Å²) in [5.41, 5.74) is 16.4. The zero-order valence-electron chi connectivity index (χ0n) is 25.1. The Kier molecular flexibility index (Phi) is 13.3. The molecule has 1 aromatic carbocycles. The van der Waals surface area contributed by atoms with Crippen molar-refractivity contribution in [2.75, 3.05) is 45.2 Å². The number of nitrogen functional groups attached to an aromatic ring is 1. The second kappa shape index (κ2) is 15.7. The van der Waals surface area contributed by atoms with E-state index in [1.807, 2.05) is 18.9 Å². The number of anilines is 2. The fraction of sp³-hybridized carbons (Fsp3) is 0.742. The number of benzene rings is 1. The van der Waals surface area contributed by atoms with Crippen LogP contribution in [0.3, 0.4) is 0 Å². The van der Waals surface area contributed by atoms with Crippen LogP contribution in [0.15, 0.2) is 18.2 Å². The number of fused-ring (bicyclic) bond motifs is 5.